The Bertz CT molecular complexity index is 680. The monoisotopic (exact) mass is 375 g/mol. The predicted octanol–water partition coefficient (Wildman–Crippen LogP) is 3.56. The molecule has 0 spiro atoms. The van der Waals surface area contributed by atoms with Gasteiger partial charge in [-0.1, -0.05) is 28.1 Å². The van der Waals surface area contributed by atoms with Gasteiger partial charge < -0.3 is 4.57 Å². The lowest BCUT2D eigenvalue weighted by Gasteiger charge is -2.46. The molecule has 22 heavy (non-hydrogen) atoms. The standard InChI is InChI=1S/C14H13BrF3N3O/c1-21-8-19-20-12(21)13(9-3-2-4-10(15)5-9)6-11(7-13)22-14(16,17)18/h2-5,8,11H,6-7H2,1H3. The van der Waals surface area contributed by atoms with E-state index >= 15 is 0 Å². The van der Waals surface area contributed by atoms with Crippen molar-refractivity contribution in [1.82, 2.24) is 14.8 Å². The van der Waals surface area contributed by atoms with E-state index in [4.69, 9.17) is 0 Å². The van der Waals surface area contributed by atoms with Crippen molar-refractivity contribution in [3.63, 3.8) is 0 Å². The van der Waals surface area contributed by atoms with E-state index in [0.29, 0.717) is 5.82 Å². The molecule has 1 aromatic carbocycles. The van der Waals surface area contributed by atoms with E-state index < -0.39 is 17.9 Å². The molecular weight excluding hydrogens is 363 g/mol. The van der Waals surface area contributed by atoms with E-state index in [9.17, 15) is 13.2 Å². The lowest BCUT2D eigenvalue weighted by atomic mass is 9.62. The Kier molecular flexibility index (Phi) is 3.76. The summed E-state index contributed by atoms with van der Waals surface area (Å²) in [6, 6.07) is 7.52. The van der Waals surface area contributed by atoms with Crippen molar-refractivity contribution in [3.05, 3.63) is 46.5 Å². The van der Waals surface area contributed by atoms with Crippen LogP contribution < -0.4 is 0 Å². The molecule has 1 aliphatic carbocycles. The third kappa shape index (κ3) is 2.77. The zero-order valence-electron chi connectivity index (χ0n) is 11.6. The summed E-state index contributed by atoms with van der Waals surface area (Å²) in [6.45, 7) is 0. The number of halogens is 4. The van der Waals surface area contributed by atoms with Gasteiger partial charge in [-0.3, -0.25) is 4.74 Å². The van der Waals surface area contributed by atoms with Gasteiger partial charge in [-0.15, -0.1) is 23.4 Å². The minimum absolute atomic E-state index is 0.218. The summed E-state index contributed by atoms with van der Waals surface area (Å²) < 4.78 is 44.0. The zero-order valence-corrected chi connectivity index (χ0v) is 13.2. The number of alkyl halides is 3. The summed E-state index contributed by atoms with van der Waals surface area (Å²) >= 11 is 3.40. The molecule has 1 aliphatic rings. The third-order valence-electron chi connectivity index (χ3n) is 3.97. The summed E-state index contributed by atoms with van der Waals surface area (Å²) in [5.41, 5.74) is 0.297. The van der Waals surface area contributed by atoms with Crippen LogP contribution in [0.2, 0.25) is 0 Å². The topological polar surface area (TPSA) is 39.9 Å². The molecule has 1 fully saturated rings. The number of rotatable bonds is 3. The molecule has 0 amide bonds. The van der Waals surface area contributed by atoms with Crippen LogP contribution in [0.1, 0.15) is 24.2 Å². The molecule has 0 radical (unpaired) electrons. The molecular formula is C14H13BrF3N3O. The fraction of sp³-hybridized carbons (Fsp3) is 0.429. The molecule has 0 N–H and O–H groups in total. The van der Waals surface area contributed by atoms with E-state index in [1.807, 2.05) is 24.3 Å². The van der Waals surface area contributed by atoms with Crippen molar-refractivity contribution >= 4 is 15.9 Å². The fourth-order valence-corrected chi connectivity index (χ4v) is 3.44. The normalized spacial score (nSPS) is 25.0. The lowest BCUT2D eigenvalue weighted by molar-refractivity contribution is -0.354. The van der Waals surface area contributed by atoms with Crippen LogP contribution in [0.4, 0.5) is 13.2 Å². The molecule has 118 valence electrons. The molecule has 1 heterocycles. The van der Waals surface area contributed by atoms with Gasteiger partial charge in [0.2, 0.25) is 0 Å². The minimum atomic E-state index is -4.62. The summed E-state index contributed by atoms with van der Waals surface area (Å²) in [4.78, 5) is 0. The fourth-order valence-electron chi connectivity index (χ4n) is 3.04. The maximum atomic E-state index is 12.4. The Morgan fingerprint density at radius 1 is 1.36 bits per heavy atom. The van der Waals surface area contributed by atoms with Gasteiger partial charge in [-0.2, -0.15) is 0 Å². The second-order valence-corrected chi connectivity index (χ2v) is 6.37. The molecule has 0 bridgehead atoms. The highest BCUT2D eigenvalue weighted by Gasteiger charge is 2.53. The molecule has 1 aromatic heterocycles. The van der Waals surface area contributed by atoms with Crippen LogP contribution in [0.3, 0.4) is 0 Å². The van der Waals surface area contributed by atoms with Crippen molar-refractivity contribution < 1.29 is 17.9 Å². The van der Waals surface area contributed by atoms with E-state index in [-0.39, 0.29) is 12.8 Å². The van der Waals surface area contributed by atoms with Crippen LogP contribution in [-0.4, -0.2) is 27.2 Å². The number of hydrogen-bond donors (Lipinski definition) is 0. The first-order valence-corrected chi connectivity index (χ1v) is 7.44. The number of aromatic nitrogens is 3. The molecule has 0 aliphatic heterocycles. The first-order chi connectivity index (χ1) is 10.3. The molecule has 8 heteroatoms. The predicted molar refractivity (Wildman–Crippen MR) is 76.1 cm³/mol. The highest BCUT2D eigenvalue weighted by molar-refractivity contribution is 9.10. The van der Waals surface area contributed by atoms with Crippen molar-refractivity contribution in [3.8, 4) is 0 Å². The van der Waals surface area contributed by atoms with Crippen LogP contribution in [0.5, 0.6) is 0 Å². The number of hydrogen-bond acceptors (Lipinski definition) is 3. The van der Waals surface area contributed by atoms with Gasteiger partial charge in [0.15, 0.2) is 0 Å². The first kappa shape index (κ1) is 15.5. The summed E-state index contributed by atoms with van der Waals surface area (Å²) in [5, 5.41) is 7.96. The van der Waals surface area contributed by atoms with E-state index in [1.165, 1.54) is 0 Å². The Morgan fingerprint density at radius 2 is 2.09 bits per heavy atom. The average Bonchev–Trinajstić information content (AvgIpc) is 2.78. The molecule has 3 rings (SSSR count). The van der Waals surface area contributed by atoms with Gasteiger partial charge in [0.1, 0.15) is 12.2 Å². The summed E-state index contributed by atoms with van der Waals surface area (Å²) in [5.74, 6) is 0.646. The molecule has 1 saturated carbocycles. The first-order valence-electron chi connectivity index (χ1n) is 6.65. The van der Waals surface area contributed by atoms with Crippen LogP contribution in [-0.2, 0) is 17.2 Å². The Hall–Kier alpha value is -1.41. The van der Waals surface area contributed by atoms with Gasteiger partial charge in [0, 0.05) is 11.5 Å². The highest BCUT2D eigenvalue weighted by atomic mass is 79.9. The lowest BCUT2D eigenvalue weighted by Crippen LogP contribution is -2.50. The van der Waals surface area contributed by atoms with Crippen molar-refractivity contribution in [1.29, 1.82) is 0 Å². The number of ether oxygens (including phenoxy) is 1. The second-order valence-electron chi connectivity index (χ2n) is 5.45. The second kappa shape index (κ2) is 5.34. The maximum Gasteiger partial charge on any atom is 0.522 e. The Morgan fingerprint density at radius 3 is 2.64 bits per heavy atom. The van der Waals surface area contributed by atoms with Crippen molar-refractivity contribution in [2.75, 3.05) is 0 Å². The van der Waals surface area contributed by atoms with Gasteiger partial charge in [0.05, 0.1) is 11.5 Å². The largest absolute Gasteiger partial charge is 0.522 e. The van der Waals surface area contributed by atoms with Gasteiger partial charge in [-0.05, 0) is 30.5 Å². The zero-order chi connectivity index (χ0) is 16.0. The SMILES string of the molecule is Cn1cnnc1C1(c2cccc(Br)c2)CC(OC(F)(F)F)C1. The van der Waals surface area contributed by atoms with Crippen LogP contribution in [0.15, 0.2) is 35.1 Å². The maximum absolute atomic E-state index is 12.4. The highest BCUT2D eigenvalue weighted by Crippen LogP contribution is 2.51. The molecule has 0 unspecified atom stereocenters. The smallest absolute Gasteiger partial charge is 0.320 e. The van der Waals surface area contributed by atoms with Crippen LogP contribution >= 0.6 is 15.9 Å². The third-order valence-corrected chi connectivity index (χ3v) is 4.46. The van der Waals surface area contributed by atoms with Gasteiger partial charge in [0.25, 0.3) is 0 Å². The van der Waals surface area contributed by atoms with Gasteiger partial charge in [-0.25, -0.2) is 0 Å². The summed E-state index contributed by atoms with van der Waals surface area (Å²) in [6.07, 6.45) is -3.50. The van der Waals surface area contributed by atoms with Crippen molar-refractivity contribution in [2.24, 2.45) is 7.05 Å². The van der Waals surface area contributed by atoms with E-state index in [1.54, 1.807) is 17.9 Å². The number of nitrogens with zero attached hydrogens (tertiary/aromatic N) is 3. The molecule has 0 atom stereocenters. The molecule has 4 nitrogen and oxygen atoms in total. The number of aryl methyl sites for hydroxylation is 1. The quantitative estimate of drug-likeness (QED) is 0.823. The average molecular weight is 376 g/mol. The minimum Gasteiger partial charge on any atom is -0.320 e. The van der Waals surface area contributed by atoms with Crippen LogP contribution in [0.25, 0.3) is 0 Å². The molecule has 0 saturated heterocycles. The van der Waals surface area contributed by atoms with Crippen molar-refractivity contribution in [2.45, 2.75) is 30.7 Å². The van der Waals surface area contributed by atoms with Crippen LogP contribution in [0, 0.1) is 0 Å². The van der Waals surface area contributed by atoms with E-state index in [0.717, 1.165) is 10.0 Å². The number of benzene rings is 1. The Balaban J connectivity index is 1.95. The van der Waals surface area contributed by atoms with E-state index in [2.05, 4.69) is 30.9 Å². The van der Waals surface area contributed by atoms with Gasteiger partial charge >= 0.3 is 6.36 Å². The summed E-state index contributed by atoms with van der Waals surface area (Å²) in [7, 11) is 1.78. The Labute approximate surface area is 133 Å². The molecule has 2 aromatic rings.